The highest BCUT2D eigenvalue weighted by Crippen LogP contribution is 2.20. The second kappa shape index (κ2) is 9.33. The van der Waals surface area contributed by atoms with Crippen LogP contribution in [-0.4, -0.2) is 78.9 Å². The zero-order chi connectivity index (χ0) is 19.2. The molecule has 1 aromatic carbocycles. The van der Waals surface area contributed by atoms with E-state index in [1.54, 1.807) is 7.05 Å². The maximum Gasteiger partial charge on any atom is 0.239 e. The number of piperazine rings is 1. The van der Waals surface area contributed by atoms with Crippen LogP contribution >= 0.6 is 0 Å². The van der Waals surface area contributed by atoms with Crippen molar-refractivity contribution in [1.82, 2.24) is 20.0 Å². The van der Waals surface area contributed by atoms with Crippen molar-refractivity contribution in [2.45, 2.75) is 32.4 Å². The van der Waals surface area contributed by atoms with Crippen LogP contribution in [0.25, 0.3) is 0 Å². The number of amides is 2. The molecule has 0 aromatic heterocycles. The van der Waals surface area contributed by atoms with E-state index in [-0.39, 0.29) is 23.8 Å². The summed E-state index contributed by atoms with van der Waals surface area (Å²) in [7, 11) is 1.69. The van der Waals surface area contributed by atoms with Crippen molar-refractivity contribution < 1.29 is 9.59 Å². The van der Waals surface area contributed by atoms with Crippen molar-refractivity contribution in [1.29, 1.82) is 0 Å². The zero-order valence-corrected chi connectivity index (χ0v) is 16.6. The molecule has 0 spiro atoms. The molecule has 2 aliphatic heterocycles. The summed E-state index contributed by atoms with van der Waals surface area (Å²) in [6.07, 6.45) is 1.67. The number of nitrogens with one attached hydrogen (secondary N) is 1. The summed E-state index contributed by atoms with van der Waals surface area (Å²) in [5.41, 5.74) is 1.32. The number of hydrogen-bond donors (Lipinski definition) is 1. The van der Waals surface area contributed by atoms with E-state index in [0.717, 1.165) is 58.7 Å². The summed E-state index contributed by atoms with van der Waals surface area (Å²) in [6, 6.07) is 10.4. The molecule has 1 N–H and O–H groups in total. The summed E-state index contributed by atoms with van der Waals surface area (Å²) < 4.78 is 0. The highest BCUT2D eigenvalue weighted by atomic mass is 16.2. The Balaban J connectivity index is 1.44. The van der Waals surface area contributed by atoms with Gasteiger partial charge in [-0.3, -0.25) is 19.4 Å². The minimum absolute atomic E-state index is 0.0927. The first-order valence-electron chi connectivity index (χ1n) is 10.1. The first kappa shape index (κ1) is 19.8. The molecular formula is C21H32N4O2. The van der Waals surface area contributed by atoms with Gasteiger partial charge in [0.25, 0.3) is 0 Å². The molecule has 0 bridgehead atoms. The van der Waals surface area contributed by atoms with E-state index >= 15 is 0 Å². The Morgan fingerprint density at radius 1 is 1.04 bits per heavy atom. The summed E-state index contributed by atoms with van der Waals surface area (Å²) in [6.45, 7) is 8.04. The highest BCUT2D eigenvalue weighted by molar-refractivity contribution is 5.82. The topological polar surface area (TPSA) is 55.9 Å². The molecule has 2 amide bonds. The van der Waals surface area contributed by atoms with Gasteiger partial charge in [-0.1, -0.05) is 30.3 Å². The van der Waals surface area contributed by atoms with Crippen LogP contribution in [-0.2, 0) is 16.1 Å². The van der Waals surface area contributed by atoms with E-state index in [9.17, 15) is 9.59 Å². The fourth-order valence-electron chi connectivity index (χ4n) is 4.14. The quantitative estimate of drug-likeness (QED) is 0.843. The van der Waals surface area contributed by atoms with Gasteiger partial charge in [0.2, 0.25) is 11.8 Å². The van der Waals surface area contributed by atoms with Gasteiger partial charge in [0.15, 0.2) is 0 Å². The fourth-order valence-corrected chi connectivity index (χ4v) is 4.14. The summed E-state index contributed by atoms with van der Waals surface area (Å²) in [5.74, 6) is 0.450. The molecule has 1 aromatic rings. The van der Waals surface area contributed by atoms with Gasteiger partial charge in [0.05, 0.1) is 6.04 Å². The molecule has 6 nitrogen and oxygen atoms in total. The van der Waals surface area contributed by atoms with Crippen molar-refractivity contribution >= 4 is 11.8 Å². The Morgan fingerprint density at radius 2 is 1.67 bits per heavy atom. The van der Waals surface area contributed by atoms with Gasteiger partial charge in [0, 0.05) is 45.7 Å². The highest BCUT2D eigenvalue weighted by Gasteiger charge is 2.32. The average Bonchev–Trinajstić information content (AvgIpc) is 2.73. The van der Waals surface area contributed by atoms with E-state index in [1.165, 1.54) is 5.56 Å². The van der Waals surface area contributed by atoms with Crippen LogP contribution in [0.4, 0.5) is 0 Å². The summed E-state index contributed by atoms with van der Waals surface area (Å²) in [5, 5.41) is 2.74. The van der Waals surface area contributed by atoms with Crippen molar-refractivity contribution in [3.63, 3.8) is 0 Å². The molecule has 2 aliphatic rings. The Hall–Kier alpha value is -1.92. The molecule has 0 saturated carbocycles. The third-order valence-electron chi connectivity index (χ3n) is 5.98. The smallest absolute Gasteiger partial charge is 0.239 e. The van der Waals surface area contributed by atoms with Crippen molar-refractivity contribution in [3.05, 3.63) is 35.9 Å². The molecule has 2 saturated heterocycles. The van der Waals surface area contributed by atoms with Gasteiger partial charge in [0.1, 0.15) is 0 Å². The van der Waals surface area contributed by atoms with Crippen LogP contribution in [0, 0.1) is 5.92 Å². The summed E-state index contributed by atoms with van der Waals surface area (Å²) in [4.78, 5) is 31.4. The van der Waals surface area contributed by atoms with Gasteiger partial charge in [-0.05, 0) is 38.4 Å². The number of nitrogens with zero attached hydrogens (tertiary/aromatic N) is 3. The molecule has 1 unspecified atom stereocenters. The second-order valence-corrected chi connectivity index (χ2v) is 7.69. The molecule has 148 valence electrons. The van der Waals surface area contributed by atoms with Crippen molar-refractivity contribution in [3.8, 4) is 0 Å². The Labute approximate surface area is 162 Å². The summed E-state index contributed by atoms with van der Waals surface area (Å²) >= 11 is 0. The van der Waals surface area contributed by atoms with Gasteiger partial charge in [-0.15, -0.1) is 0 Å². The van der Waals surface area contributed by atoms with E-state index in [2.05, 4.69) is 39.4 Å². The predicted molar refractivity (Wildman–Crippen MR) is 106 cm³/mol. The van der Waals surface area contributed by atoms with Crippen LogP contribution in [0.5, 0.6) is 0 Å². The van der Waals surface area contributed by atoms with Crippen molar-refractivity contribution in [2.75, 3.05) is 46.3 Å². The third-order valence-corrected chi connectivity index (χ3v) is 5.98. The van der Waals surface area contributed by atoms with E-state index < -0.39 is 0 Å². The number of hydrogen-bond acceptors (Lipinski definition) is 4. The van der Waals surface area contributed by atoms with Crippen LogP contribution in [0.3, 0.4) is 0 Å². The maximum atomic E-state index is 12.9. The van der Waals surface area contributed by atoms with Crippen molar-refractivity contribution in [2.24, 2.45) is 5.92 Å². The maximum absolute atomic E-state index is 12.9. The van der Waals surface area contributed by atoms with Gasteiger partial charge < -0.3 is 10.2 Å². The first-order valence-corrected chi connectivity index (χ1v) is 10.1. The zero-order valence-electron chi connectivity index (χ0n) is 16.6. The number of carbonyl (C=O) groups excluding carboxylic acids is 2. The third kappa shape index (κ3) is 5.08. The van der Waals surface area contributed by atoms with Gasteiger partial charge in [-0.25, -0.2) is 0 Å². The van der Waals surface area contributed by atoms with Crippen LogP contribution in [0.15, 0.2) is 30.3 Å². The lowest BCUT2D eigenvalue weighted by molar-refractivity contribution is -0.139. The lowest BCUT2D eigenvalue weighted by Crippen LogP contribution is -2.55. The minimum atomic E-state index is -0.101. The number of benzene rings is 1. The molecule has 6 heteroatoms. The van der Waals surface area contributed by atoms with Gasteiger partial charge in [-0.2, -0.15) is 0 Å². The second-order valence-electron chi connectivity index (χ2n) is 7.69. The Bertz CT molecular complexity index is 620. The number of carbonyl (C=O) groups is 2. The number of rotatable bonds is 5. The fraction of sp³-hybridized carbons (Fsp3) is 0.619. The molecule has 3 rings (SSSR count). The number of piperidine rings is 1. The van der Waals surface area contributed by atoms with Crippen LogP contribution < -0.4 is 5.32 Å². The Kier molecular flexibility index (Phi) is 6.85. The molecular weight excluding hydrogens is 340 g/mol. The standard InChI is InChI=1S/C21H32N4O2/c1-17(24-10-8-19(9-11-24)20(26)22-2)21(27)25-14-12-23(13-15-25)16-18-6-4-3-5-7-18/h3-7,17,19H,8-16H2,1-2H3,(H,22,26). The lowest BCUT2D eigenvalue weighted by Gasteiger charge is -2.40. The van der Waals surface area contributed by atoms with E-state index in [4.69, 9.17) is 0 Å². The molecule has 1 atom stereocenters. The SMILES string of the molecule is CNC(=O)C1CCN(C(C)C(=O)N2CCN(Cc3ccccc3)CC2)CC1. The molecule has 27 heavy (non-hydrogen) atoms. The average molecular weight is 373 g/mol. The van der Waals surface area contributed by atoms with Crippen LogP contribution in [0.1, 0.15) is 25.3 Å². The monoisotopic (exact) mass is 372 g/mol. The largest absolute Gasteiger partial charge is 0.359 e. The molecule has 0 radical (unpaired) electrons. The van der Waals surface area contributed by atoms with E-state index in [1.807, 2.05) is 17.9 Å². The predicted octanol–water partition coefficient (Wildman–Crippen LogP) is 1.18. The van der Waals surface area contributed by atoms with Crippen LogP contribution in [0.2, 0.25) is 0 Å². The Morgan fingerprint density at radius 3 is 2.26 bits per heavy atom. The molecule has 0 aliphatic carbocycles. The minimum Gasteiger partial charge on any atom is -0.359 e. The molecule has 2 fully saturated rings. The molecule has 2 heterocycles. The number of likely N-dealkylation sites (tertiary alicyclic amines) is 1. The van der Waals surface area contributed by atoms with E-state index in [0.29, 0.717) is 0 Å². The van der Waals surface area contributed by atoms with Gasteiger partial charge >= 0.3 is 0 Å². The first-order chi connectivity index (χ1) is 13.1. The lowest BCUT2D eigenvalue weighted by atomic mass is 9.95. The normalized spacial score (nSPS) is 21.0.